The maximum Gasteiger partial charge on any atom is 0.0923 e. The smallest absolute Gasteiger partial charge is 0.0923 e. The third kappa shape index (κ3) is 1.46. The molecule has 3 nitrogen and oxygen atoms in total. The highest BCUT2D eigenvalue weighted by Crippen LogP contribution is 2.21. The Labute approximate surface area is 93.4 Å². The summed E-state index contributed by atoms with van der Waals surface area (Å²) in [6, 6.07) is 12.1. The molecule has 16 heavy (non-hydrogen) atoms. The van der Waals surface area contributed by atoms with Gasteiger partial charge in [-0.3, -0.25) is 9.67 Å². The van der Waals surface area contributed by atoms with E-state index >= 15 is 0 Å². The largest absolute Gasteiger partial charge is 0.275 e. The first-order valence-electron chi connectivity index (χ1n) is 5.18. The molecule has 2 heterocycles. The average molecular weight is 209 g/mol. The van der Waals surface area contributed by atoms with Crippen molar-refractivity contribution in [2.24, 2.45) is 7.05 Å². The Balaban J connectivity index is 2.18. The van der Waals surface area contributed by atoms with Gasteiger partial charge in [0, 0.05) is 30.4 Å². The van der Waals surface area contributed by atoms with Gasteiger partial charge in [-0.15, -0.1) is 0 Å². The number of rotatable bonds is 1. The van der Waals surface area contributed by atoms with Crippen molar-refractivity contribution < 1.29 is 0 Å². The molecule has 0 aliphatic rings. The third-order valence-electron chi connectivity index (χ3n) is 2.58. The van der Waals surface area contributed by atoms with Crippen LogP contribution in [0, 0.1) is 0 Å². The molecule has 0 N–H and O–H groups in total. The fraction of sp³-hybridized carbons (Fsp3) is 0.0769. The second kappa shape index (κ2) is 3.45. The van der Waals surface area contributed by atoms with Crippen LogP contribution >= 0.6 is 0 Å². The number of hydrogen-bond donors (Lipinski definition) is 0. The predicted octanol–water partition coefficient (Wildman–Crippen LogP) is 2.64. The van der Waals surface area contributed by atoms with Gasteiger partial charge in [-0.1, -0.05) is 12.1 Å². The Bertz CT molecular complexity index is 626. The molecule has 1 aromatic carbocycles. The van der Waals surface area contributed by atoms with Crippen molar-refractivity contribution in [3.05, 3.63) is 48.8 Å². The van der Waals surface area contributed by atoms with Crippen LogP contribution in [0.5, 0.6) is 0 Å². The molecule has 3 aromatic rings. The first-order chi connectivity index (χ1) is 7.83. The van der Waals surface area contributed by atoms with Gasteiger partial charge in [0.1, 0.15) is 0 Å². The van der Waals surface area contributed by atoms with Crippen LogP contribution in [0.15, 0.2) is 48.8 Å². The molecule has 0 fully saturated rings. The van der Waals surface area contributed by atoms with Gasteiger partial charge in [0.15, 0.2) is 0 Å². The van der Waals surface area contributed by atoms with E-state index in [4.69, 9.17) is 0 Å². The monoisotopic (exact) mass is 209 g/mol. The molecular weight excluding hydrogens is 198 g/mol. The molecule has 3 rings (SSSR count). The second-order valence-corrected chi connectivity index (χ2v) is 3.79. The standard InChI is InChI=1S/C13H11N3/c1-16-9-11-8-10(5-6-13(11)15-16)12-4-2-3-7-14-12/h2-9H,1H3. The van der Waals surface area contributed by atoms with Gasteiger partial charge < -0.3 is 0 Å². The van der Waals surface area contributed by atoms with Gasteiger partial charge in [0.2, 0.25) is 0 Å². The minimum absolute atomic E-state index is 0.994. The number of nitrogens with zero attached hydrogens (tertiary/aromatic N) is 3. The first-order valence-corrected chi connectivity index (χ1v) is 5.18. The molecule has 0 atom stereocenters. The fourth-order valence-corrected chi connectivity index (χ4v) is 1.84. The van der Waals surface area contributed by atoms with Crippen molar-refractivity contribution in [1.29, 1.82) is 0 Å². The minimum atomic E-state index is 0.994. The Morgan fingerprint density at radius 1 is 1.12 bits per heavy atom. The van der Waals surface area contributed by atoms with E-state index < -0.39 is 0 Å². The first kappa shape index (κ1) is 9.09. The van der Waals surface area contributed by atoms with Gasteiger partial charge >= 0.3 is 0 Å². The molecule has 0 saturated heterocycles. The summed E-state index contributed by atoms with van der Waals surface area (Å²) in [5.41, 5.74) is 3.14. The number of hydrogen-bond acceptors (Lipinski definition) is 2. The Morgan fingerprint density at radius 3 is 2.88 bits per heavy atom. The lowest BCUT2D eigenvalue weighted by Crippen LogP contribution is -1.84. The van der Waals surface area contributed by atoms with Gasteiger partial charge in [0.25, 0.3) is 0 Å². The van der Waals surface area contributed by atoms with Gasteiger partial charge in [0.05, 0.1) is 11.2 Å². The zero-order chi connectivity index (χ0) is 11.0. The van der Waals surface area contributed by atoms with Crippen LogP contribution in [-0.2, 0) is 7.05 Å². The molecule has 2 aromatic heterocycles. The van der Waals surface area contributed by atoms with E-state index in [1.165, 1.54) is 0 Å². The quantitative estimate of drug-likeness (QED) is 0.616. The van der Waals surface area contributed by atoms with E-state index in [1.807, 2.05) is 48.4 Å². The summed E-state index contributed by atoms with van der Waals surface area (Å²) in [5, 5.41) is 5.49. The van der Waals surface area contributed by atoms with Crippen LogP contribution < -0.4 is 0 Å². The molecule has 0 bridgehead atoms. The molecule has 0 aliphatic carbocycles. The molecular formula is C13H11N3. The summed E-state index contributed by atoms with van der Waals surface area (Å²) in [7, 11) is 1.93. The minimum Gasteiger partial charge on any atom is -0.275 e. The van der Waals surface area contributed by atoms with E-state index in [0.717, 1.165) is 22.2 Å². The number of pyridine rings is 1. The Kier molecular flexibility index (Phi) is 1.96. The maximum absolute atomic E-state index is 4.34. The third-order valence-corrected chi connectivity index (χ3v) is 2.58. The van der Waals surface area contributed by atoms with E-state index in [2.05, 4.69) is 22.2 Å². The summed E-state index contributed by atoms with van der Waals surface area (Å²) in [4.78, 5) is 4.34. The number of aromatic nitrogens is 3. The summed E-state index contributed by atoms with van der Waals surface area (Å²) < 4.78 is 1.83. The van der Waals surface area contributed by atoms with Crippen molar-refractivity contribution in [2.45, 2.75) is 0 Å². The highest BCUT2D eigenvalue weighted by molar-refractivity contribution is 5.83. The number of fused-ring (bicyclic) bond motifs is 1. The van der Waals surface area contributed by atoms with Crippen molar-refractivity contribution in [3.63, 3.8) is 0 Å². The van der Waals surface area contributed by atoms with Crippen molar-refractivity contribution in [2.75, 3.05) is 0 Å². The molecule has 3 heteroatoms. The lowest BCUT2D eigenvalue weighted by atomic mass is 10.1. The van der Waals surface area contributed by atoms with E-state index in [9.17, 15) is 0 Å². The van der Waals surface area contributed by atoms with Gasteiger partial charge in [-0.2, -0.15) is 5.10 Å². The zero-order valence-corrected chi connectivity index (χ0v) is 8.96. The SMILES string of the molecule is Cn1cc2cc(-c3ccccn3)ccc2n1. The van der Waals surface area contributed by atoms with Crippen LogP contribution in [0.4, 0.5) is 0 Å². The van der Waals surface area contributed by atoms with Crippen LogP contribution in [-0.4, -0.2) is 14.8 Å². The number of aryl methyl sites for hydroxylation is 1. The topological polar surface area (TPSA) is 30.7 Å². The van der Waals surface area contributed by atoms with Crippen LogP contribution in [0.2, 0.25) is 0 Å². The lowest BCUT2D eigenvalue weighted by molar-refractivity contribution is 0.780. The molecule has 0 amide bonds. The van der Waals surface area contributed by atoms with Crippen LogP contribution in [0.3, 0.4) is 0 Å². The highest BCUT2D eigenvalue weighted by Gasteiger charge is 2.02. The van der Waals surface area contributed by atoms with Gasteiger partial charge in [-0.05, 0) is 24.3 Å². The maximum atomic E-state index is 4.34. The summed E-state index contributed by atoms with van der Waals surface area (Å²) in [5.74, 6) is 0. The summed E-state index contributed by atoms with van der Waals surface area (Å²) in [6.45, 7) is 0. The molecule has 0 spiro atoms. The molecule has 0 aliphatic heterocycles. The van der Waals surface area contributed by atoms with E-state index in [-0.39, 0.29) is 0 Å². The van der Waals surface area contributed by atoms with Crippen LogP contribution in [0.1, 0.15) is 0 Å². The second-order valence-electron chi connectivity index (χ2n) is 3.79. The average Bonchev–Trinajstić information content (AvgIpc) is 2.69. The number of benzene rings is 1. The predicted molar refractivity (Wildman–Crippen MR) is 63.9 cm³/mol. The molecule has 0 radical (unpaired) electrons. The molecule has 0 saturated carbocycles. The molecule has 0 unspecified atom stereocenters. The summed E-state index contributed by atoms with van der Waals surface area (Å²) in [6.07, 6.45) is 3.82. The lowest BCUT2D eigenvalue weighted by Gasteiger charge is -1.99. The van der Waals surface area contributed by atoms with Crippen molar-refractivity contribution in [1.82, 2.24) is 14.8 Å². The van der Waals surface area contributed by atoms with E-state index in [0.29, 0.717) is 0 Å². The Morgan fingerprint density at radius 2 is 2.06 bits per heavy atom. The fourth-order valence-electron chi connectivity index (χ4n) is 1.84. The van der Waals surface area contributed by atoms with Crippen molar-refractivity contribution >= 4 is 10.9 Å². The normalized spacial score (nSPS) is 10.8. The van der Waals surface area contributed by atoms with Gasteiger partial charge in [-0.25, -0.2) is 0 Å². The molecule has 78 valence electrons. The summed E-state index contributed by atoms with van der Waals surface area (Å²) >= 11 is 0. The van der Waals surface area contributed by atoms with Crippen molar-refractivity contribution in [3.8, 4) is 11.3 Å². The zero-order valence-electron chi connectivity index (χ0n) is 8.96. The highest BCUT2D eigenvalue weighted by atomic mass is 15.2. The van der Waals surface area contributed by atoms with E-state index in [1.54, 1.807) is 0 Å². The Hall–Kier alpha value is -2.16. The van der Waals surface area contributed by atoms with Crippen LogP contribution in [0.25, 0.3) is 22.2 Å².